The summed E-state index contributed by atoms with van der Waals surface area (Å²) in [6.07, 6.45) is 0.859. The van der Waals surface area contributed by atoms with Crippen molar-refractivity contribution in [3.8, 4) is 17.6 Å². The summed E-state index contributed by atoms with van der Waals surface area (Å²) in [6.45, 7) is 2.25. The van der Waals surface area contributed by atoms with Gasteiger partial charge in [0.25, 0.3) is 17.0 Å². The Kier molecular flexibility index (Phi) is 7.67. The van der Waals surface area contributed by atoms with Crippen molar-refractivity contribution in [2.24, 2.45) is 5.92 Å². The van der Waals surface area contributed by atoms with Crippen LogP contribution in [0.25, 0.3) is 0 Å². The Hall–Kier alpha value is -3.62. The number of hydrogen-bond acceptors (Lipinski definition) is 6. The van der Waals surface area contributed by atoms with Gasteiger partial charge in [-0.15, -0.1) is 0 Å². The second-order valence-corrected chi connectivity index (χ2v) is 8.32. The molecule has 0 aliphatic rings. The number of nitriles is 1. The van der Waals surface area contributed by atoms with Crippen LogP contribution in [-0.4, -0.2) is 21.6 Å². The van der Waals surface area contributed by atoms with Crippen LogP contribution in [0.5, 0.6) is 11.5 Å². The normalized spacial score (nSPS) is 11.5. The van der Waals surface area contributed by atoms with E-state index in [1.165, 1.54) is 27.0 Å². The third-order valence-electron chi connectivity index (χ3n) is 5.07. The van der Waals surface area contributed by atoms with Crippen LogP contribution in [0.2, 0.25) is 5.02 Å². The van der Waals surface area contributed by atoms with E-state index in [-0.39, 0.29) is 23.7 Å². The van der Waals surface area contributed by atoms with Crippen LogP contribution >= 0.6 is 11.6 Å². The number of pyridine rings is 1. The van der Waals surface area contributed by atoms with Crippen LogP contribution in [0, 0.1) is 23.1 Å². The van der Waals surface area contributed by atoms with Crippen molar-refractivity contribution in [2.45, 2.75) is 32.9 Å². The van der Waals surface area contributed by atoms with Gasteiger partial charge < -0.3 is 14.5 Å². The first kappa shape index (κ1) is 26.0. The molecule has 1 N–H and O–H groups in total. The van der Waals surface area contributed by atoms with E-state index in [0.29, 0.717) is 5.69 Å². The molecule has 0 amide bonds. The molecule has 1 aromatic carbocycles. The molecule has 0 bridgehead atoms. The number of nitrogens with one attached hydrogen (secondary N) is 1. The number of rotatable bonds is 8. The predicted octanol–water partition coefficient (Wildman–Crippen LogP) is 4.33. The minimum absolute atomic E-state index is 0.109. The fourth-order valence-corrected chi connectivity index (χ4v) is 3.32. The number of ether oxygens (including phenoxy) is 2. The first-order valence-corrected chi connectivity index (χ1v) is 10.6. The molecule has 3 aromatic rings. The summed E-state index contributed by atoms with van der Waals surface area (Å²) in [6, 6.07) is 6.56. The maximum Gasteiger partial charge on any atom is 0.297 e. The minimum atomic E-state index is -3.63. The molecule has 3 rings (SSSR count). The molecule has 2 heterocycles. The summed E-state index contributed by atoms with van der Waals surface area (Å²) >= 11 is 5.89. The molecule has 0 spiro atoms. The number of H-pyrrole nitrogens is 1. The molecule has 2 aromatic heterocycles. The molecule has 35 heavy (non-hydrogen) atoms. The van der Waals surface area contributed by atoms with Gasteiger partial charge >= 0.3 is 0 Å². The van der Waals surface area contributed by atoms with E-state index in [1.807, 2.05) is 0 Å². The Balaban J connectivity index is 2.15. The lowest BCUT2D eigenvalue weighted by atomic mass is 10.0. The first-order valence-electron chi connectivity index (χ1n) is 10.2. The van der Waals surface area contributed by atoms with Gasteiger partial charge in [-0.25, -0.2) is 9.37 Å². The zero-order valence-corrected chi connectivity index (χ0v) is 19.6. The van der Waals surface area contributed by atoms with Crippen molar-refractivity contribution in [1.82, 2.24) is 14.5 Å². The van der Waals surface area contributed by atoms with Crippen molar-refractivity contribution < 1.29 is 22.6 Å². The molecular weight excluding hydrogens is 489 g/mol. The Morgan fingerprint density at radius 1 is 1.29 bits per heavy atom. The molecule has 0 fully saturated rings. The Morgan fingerprint density at radius 2 is 2.00 bits per heavy atom. The fourth-order valence-electron chi connectivity index (χ4n) is 3.11. The third-order valence-corrected chi connectivity index (χ3v) is 5.28. The number of hydrogen-bond donors (Lipinski definition) is 1. The fraction of sp³-hybridized carbons (Fsp3) is 0.304. The summed E-state index contributed by atoms with van der Waals surface area (Å²) in [4.78, 5) is 31.9. The lowest BCUT2D eigenvalue weighted by Gasteiger charge is -2.22. The molecule has 184 valence electrons. The highest BCUT2D eigenvalue weighted by Crippen LogP contribution is 2.40. The van der Waals surface area contributed by atoms with Crippen LogP contribution in [-0.2, 0) is 23.8 Å². The predicted molar refractivity (Wildman–Crippen MR) is 120 cm³/mol. The largest absolute Gasteiger partial charge is 0.446 e. The van der Waals surface area contributed by atoms with Crippen molar-refractivity contribution in [3.05, 3.63) is 84.7 Å². The van der Waals surface area contributed by atoms with Crippen LogP contribution in [0.4, 0.5) is 13.2 Å². The van der Waals surface area contributed by atoms with E-state index in [0.717, 1.165) is 23.0 Å². The quantitative estimate of drug-likeness (QED) is 0.485. The average molecular weight is 509 g/mol. The lowest BCUT2D eigenvalue weighted by Crippen LogP contribution is -2.31. The van der Waals surface area contributed by atoms with Gasteiger partial charge in [-0.05, 0) is 18.2 Å². The van der Waals surface area contributed by atoms with Gasteiger partial charge in [0, 0.05) is 35.4 Å². The van der Waals surface area contributed by atoms with Crippen LogP contribution in [0.3, 0.4) is 0 Å². The number of benzene rings is 1. The van der Waals surface area contributed by atoms with E-state index in [1.54, 1.807) is 12.1 Å². The van der Waals surface area contributed by atoms with Crippen molar-refractivity contribution in [1.29, 1.82) is 5.26 Å². The van der Waals surface area contributed by atoms with E-state index in [2.05, 4.69) is 9.97 Å². The van der Waals surface area contributed by atoms with Crippen molar-refractivity contribution in [3.63, 3.8) is 0 Å². The first-order chi connectivity index (χ1) is 16.5. The SMILES string of the molecule is COCc1ccc(Cn2cnc(C(F)(F)C(C)C)c(Oc3cc(Cl)cc(C#N)c3F)c2=O)c(=O)[nH]1. The molecule has 0 aliphatic heterocycles. The van der Waals surface area contributed by atoms with Gasteiger partial charge in [-0.1, -0.05) is 25.4 Å². The third kappa shape index (κ3) is 5.39. The highest BCUT2D eigenvalue weighted by Gasteiger charge is 2.42. The average Bonchev–Trinajstić information content (AvgIpc) is 2.80. The van der Waals surface area contributed by atoms with Gasteiger partial charge in [-0.2, -0.15) is 14.0 Å². The maximum absolute atomic E-state index is 15.0. The molecule has 0 aliphatic carbocycles. The molecule has 0 saturated carbocycles. The van der Waals surface area contributed by atoms with E-state index in [4.69, 9.17) is 26.3 Å². The molecule has 8 nitrogen and oxygen atoms in total. The van der Waals surface area contributed by atoms with Gasteiger partial charge in [-0.3, -0.25) is 14.2 Å². The van der Waals surface area contributed by atoms with E-state index >= 15 is 0 Å². The Morgan fingerprint density at radius 3 is 2.60 bits per heavy atom. The Labute approximate surface area is 202 Å². The second kappa shape index (κ2) is 10.3. The van der Waals surface area contributed by atoms with Gasteiger partial charge in [0.05, 0.1) is 25.0 Å². The van der Waals surface area contributed by atoms with Gasteiger partial charge in [0.2, 0.25) is 5.75 Å². The summed E-state index contributed by atoms with van der Waals surface area (Å²) in [5, 5.41) is 8.98. The molecule has 12 heteroatoms. The topological polar surface area (TPSA) is 110 Å². The zero-order valence-electron chi connectivity index (χ0n) is 18.9. The number of alkyl halides is 2. The Bertz CT molecular complexity index is 1410. The highest BCUT2D eigenvalue weighted by molar-refractivity contribution is 6.30. The van der Waals surface area contributed by atoms with Crippen LogP contribution in [0.15, 0.2) is 40.2 Å². The molecule has 0 atom stereocenters. The summed E-state index contributed by atoms with van der Waals surface area (Å²) < 4.78 is 55.7. The number of halogens is 4. The maximum atomic E-state index is 15.0. The van der Waals surface area contributed by atoms with E-state index < -0.39 is 51.5 Å². The lowest BCUT2D eigenvalue weighted by molar-refractivity contribution is -0.0574. The standard InChI is InChI=1S/C23H20ClF3N4O4/c1-12(2)23(26,27)20-19(35-17-7-15(24)6-14(8-28)18(17)25)22(33)31(11-29-20)9-13-4-5-16(10-34-3)30-21(13)32/h4-7,11-12H,9-10H2,1-3H3,(H,30,32). The van der Waals surface area contributed by atoms with Crippen LogP contribution < -0.4 is 15.9 Å². The van der Waals surface area contributed by atoms with E-state index in [9.17, 15) is 22.8 Å². The molecule has 0 saturated heterocycles. The highest BCUT2D eigenvalue weighted by atomic mass is 35.5. The monoisotopic (exact) mass is 508 g/mol. The molecule has 0 unspecified atom stereocenters. The smallest absolute Gasteiger partial charge is 0.297 e. The number of aromatic amines is 1. The minimum Gasteiger partial charge on any atom is -0.446 e. The van der Waals surface area contributed by atoms with Crippen LogP contribution in [0.1, 0.15) is 36.4 Å². The number of nitrogens with zero attached hydrogens (tertiary/aromatic N) is 3. The summed E-state index contributed by atoms with van der Waals surface area (Å²) in [5.41, 5.74) is -2.51. The van der Waals surface area contributed by atoms with Gasteiger partial charge in [0.1, 0.15) is 6.07 Å². The molecule has 0 radical (unpaired) electrons. The molecular formula is C23H20ClF3N4O4. The van der Waals surface area contributed by atoms with Crippen molar-refractivity contribution in [2.75, 3.05) is 7.11 Å². The zero-order chi connectivity index (χ0) is 25.9. The number of methoxy groups -OCH3 is 1. The second-order valence-electron chi connectivity index (χ2n) is 7.88. The summed E-state index contributed by atoms with van der Waals surface area (Å²) in [5.74, 6) is -7.75. The summed E-state index contributed by atoms with van der Waals surface area (Å²) in [7, 11) is 1.45. The van der Waals surface area contributed by atoms with Crippen molar-refractivity contribution >= 4 is 11.6 Å². The van der Waals surface area contributed by atoms with Gasteiger partial charge in [0.15, 0.2) is 17.3 Å². The number of aromatic nitrogens is 3.